The van der Waals surface area contributed by atoms with Crippen molar-refractivity contribution in [1.29, 1.82) is 0 Å². The fraction of sp³-hybridized carbons (Fsp3) is 0.250. The van der Waals surface area contributed by atoms with Crippen molar-refractivity contribution in [3.63, 3.8) is 0 Å². The maximum Gasteiger partial charge on any atom is 0.224 e. The molecule has 3 N–H and O–H groups in total. The van der Waals surface area contributed by atoms with Gasteiger partial charge in [0.05, 0.1) is 0 Å². The number of pyridine rings is 2. The number of hydrogen-bond donors (Lipinski definition) is 3. The van der Waals surface area contributed by atoms with Gasteiger partial charge in [0.15, 0.2) is 11.5 Å². The van der Waals surface area contributed by atoms with E-state index in [2.05, 4.69) is 52.6 Å². The molecule has 0 unspecified atom stereocenters. The maximum atomic E-state index is 14.6. The highest BCUT2D eigenvalue weighted by Crippen LogP contribution is 2.29. The monoisotopic (exact) mass is 457 g/mol. The summed E-state index contributed by atoms with van der Waals surface area (Å²) in [6.07, 6.45) is 9.01. The summed E-state index contributed by atoms with van der Waals surface area (Å²) in [6, 6.07) is 5.63. The van der Waals surface area contributed by atoms with Crippen LogP contribution in [0.5, 0.6) is 0 Å². The Morgan fingerprint density at radius 1 is 1.09 bits per heavy atom. The van der Waals surface area contributed by atoms with E-state index in [1.54, 1.807) is 16.8 Å². The molecule has 1 fully saturated rings. The Hall–Kier alpha value is -4.05. The van der Waals surface area contributed by atoms with Crippen molar-refractivity contribution in [3.8, 4) is 11.1 Å². The Balaban J connectivity index is 1.20. The molecule has 1 saturated heterocycles. The van der Waals surface area contributed by atoms with E-state index in [0.717, 1.165) is 59.8 Å². The first-order valence-electron chi connectivity index (χ1n) is 11.3. The summed E-state index contributed by atoms with van der Waals surface area (Å²) in [5, 5.41) is 7.44. The quantitative estimate of drug-likeness (QED) is 0.373. The lowest BCUT2D eigenvalue weighted by atomic mass is 10.1. The number of piperazine rings is 1. The number of aromatic nitrogens is 6. The van der Waals surface area contributed by atoms with E-state index in [4.69, 9.17) is 0 Å². The number of aryl methyl sites for hydroxylation is 1. The fourth-order valence-corrected chi connectivity index (χ4v) is 4.33. The number of rotatable bonds is 5. The number of aromatic amines is 1. The van der Waals surface area contributed by atoms with Crippen molar-refractivity contribution in [3.05, 3.63) is 66.3 Å². The van der Waals surface area contributed by atoms with Crippen molar-refractivity contribution in [2.45, 2.75) is 13.5 Å². The summed E-state index contributed by atoms with van der Waals surface area (Å²) < 4.78 is 16.3. The highest BCUT2D eigenvalue weighted by Gasteiger charge is 2.14. The van der Waals surface area contributed by atoms with Crippen LogP contribution in [0.25, 0.3) is 27.8 Å². The van der Waals surface area contributed by atoms with E-state index in [1.807, 2.05) is 25.5 Å². The van der Waals surface area contributed by atoms with E-state index in [0.29, 0.717) is 23.8 Å². The van der Waals surface area contributed by atoms with Crippen LogP contribution in [0.2, 0.25) is 0 Å². The van der Waals surface area contributed by atoms with Gasteiger partial charge in [-0.25, -0.2) is 19.3 Å². The molecule has 0 aromatic carbocycles. The van der Waals surface area contributed by atoms with Gasteiger partial charge in [0.1, 0.15) is 11.5 Å². The maximum absolute atomic E-state index is 14.6. The van der Waals surface area contributed by atoms with Gasteiger partial charge in [-0.3, -0.25) is 0 Å². The molecule has 1 aliphatic heterocycles. The van der Waals surface area contributed by atoms with Crippen LogP contribution in [-0.4, -0.2) is 55.5 Å². The number of halogens is 1. The largest absolute Gasteiger partial charge is 0.354 e. The number of imidazole rings is 1. The highest BCUT2D eigenvalue weighted by atomic mass is 19.1. The summed E-state index contributed by atoms with van der Waals surface area (Å²) in [5.41, 5.74) is 4.49. The molecule has 0 aliphatic carbocycles. The normalized spacial score (nSPS) is 14.2. The standard InChI is InChI=1S/C24H24FN9/c1-15-9-29-23-20(25)8-17(14-34(15)23)18-12-28-22-19(18)13-31-24(32-22)30-11-16-2-3-21(27-10-16)33-6-4-26-5-7-33/h2-3,8-10,12-14,26H,4-7,11H2,1H3,(H2,28,30,31,32). The highest BCUT2D eigenvalue weighted by molar-refractivity contribution is 5.93. The van der Waals surface area contributed by atoms with Gasteiger partial charge in [0, 0.05) is 85.9 Å². The predicted molar refractivity (Wildman–Crippen MR) is 129 cm³/mol. The third-order valence-corrected chi connectivity index (χ3v) is 6.19. The molecule has 5 aromatic rings. The minimum absolute atomic E-state index is 0.319. The Kier molecular flexibility index (Phi) is 5.06. The lowest BCUT2D eigenvalue weighted by Gasteiger charge is -2.28. The average Bonchev–Trinajstić information content (AvgIpc) is 3.47. The molecule has 34 heavy (non-hydrogen) atoms. The van der Waals surface area contributed by atoms with Gasteiger partial charge in [-0.05, 0) is 24.6 Å². The van der Waals surface area contributed by atoms with E-state index in [1.165, 1.54) is 6.07 Å². The van der Waals surface area contributed by atoms with Gasteiger partial charge in [-0.1, -0.05) is 6.07 Å². The van der Waals surface area contributed by atoms with Gasteiger partial charge in [-0.15, -0.1) is 0 Å². The summed E-state index contributed by atoms with van der Waals surface area (Å²) in [5.74, 6) is 1.15. The molecule has 10 heteroatoms. The second-order valence-electron chi connectivity index (χ2n) is 8.44. The van der Waals surface area contributed by atoms with Gasteiger partial charge in [0.2, 0.25) is 5.95 Å². The zero-order valence-corrected chi connectivity index (χ0v) is 18.7. The minimum Gasteiger partial charge on any atom is -0.354 e. The van der Waals surface area contributed by atoms with E-state index >= 15 is 0 Å². The Bertz CT molecular complexity index is 1470. The molecule has 0 bridgehead atoms. The van der Waals surface area contributed by atoms with Gasteiger partial charge in [-0.2, -0.15) is 4.98 Å². The van der Waals surface area contributed by atoms with Crippen molar-refractivity contribution < 1.29 is 4.39 Å². The molecule has 0 spiro atoms. The lowest BCUT2D eigenvalue weighted by molar-refractivity contribution is 0.585. The molecule has 5 aromatic heterocycles. The van der Waals surface area contributed by atoms with E-state index in [9.17, 15) is 4.39 Å². The van der Waals surface area contributed by atoms with Gasteiger partial charge < -0.3 is 24.9 Å². The van der Waals surface area contributed by atoms with Crippen molar-refractivity contribution >= 4 is 28.4 Å². The fourth-order valence-electron chi connectivity index (χ4n) is 4.33. The van der Waals surface area contributed by atoms with Gasteiger partial charge >= 0.3 is 0 Å². The molecular weight excluding hydrogens is 433 g/mol. The zero-order valence-electron chi connectivity index (χ0n) is 18.7. The second kappa shape index (κ2) is 8.38. The Morgan fingerprint density at radius 2 is 1.97 bits per heavy atom. The second-order valence-corrected chi connectivity index (χ2v) is 8.44. The molecule has 0 saturated carbocycles. The summed E-state index contributed by atoms with van der Waals surface area (Å²) in [4.78, 5) is 23.3. The smallest absolute Gasteiger partial charge is 0.224 e. The van der Waals surface area contributed by atoms with Gasteiger partial charge in [0.25, 0.3) is 0 Å². The molecule has 172 valence electrons. The molecule has 0 amide bonds. The number of nitrogens with one attached hydrogen (secondary N) is 3. The SMILES string of the molecule is Cc1cnc2c(F)cc(-c3c[nH]c4nc(NCc5ccc(N6CCNCC6)nc5)ncc34)cn12. The van der Waals surface area contributed by atoms with Crippen LogP contribution in [0.4, 0.5) is 16.2 Å². The molecule has 6 heterocycles. The lowest BCUT2D eigenvalue weighted by Crippen LogP contribution is -2.43. The number of anilines is 2. The molecule has 0 atom stereocenters. The van der Waals surface area contributed by atoms with Crippen LogP contribution in [0, 0.1) is 12.7 Å². The molecule has 9 nitrogen and oxygen atoms in total. The number of H-pyrrole nitrogens is 1. The van der Waals surface area contributed by atoms with Crippen LogP contribution in [0.3, 0.4) is 0 Å². The van der Waals surface area contributed by atoms with E-state index in [-0.39, 0.29) is 5.82 Å². The average molecular weight is 458 g/mol. The molecule has 0 radical (unpaired) electrons. The summed E-state index contributed by atoms with van der Waals surface area (Å²) in [7, 11) is 0. The molecule has 1 aliphatic rings. The first kappa shape index (κ1) is 20.5. The summed E-state index contributed by atoms with van der Waals surface area (Å²) >= 11 is 0. The first-order chi connectivity index (χ1) is 16.7. The Morgan fingerprint density at radius 3 is 2.79 bits per heavy atom. The zero-order chi connectivity index (χ0) is 23.1. The van der Waals surface area contributed by atoms with Crippen LogP contribution < -0.4 is 15.5 Å². The number of hydrogen-bond acceptors (Lipinski definition) is 7. The van der Waals surface area contributed by atoms with Crippen molar-refractivity contribution in [1.82, 2.24) is 34.6 Å². The van der Waals surface area contributed by atoms with Crippen LogP contribution in [-0.2, 0) is 6.54 Å². The topological polar surface area (TPSA) is 99.1 Å². The Labute approximate surface area is 195 Å². The molecule has 6 rings (SSSR count). The van der Waals surface area contributed by atoms with Crippen LogP contribution in [0.15, 0.2) is 49.2 Å². The van der Waals surface area contributed by atoms with E-state index < -0.39 is 0 Å². The van der Waals surface area contributed by atoms with Crippen molar-refractivity contribution in [2.24, 2.45) is 0 Å². The number of nitrogens with zero attached hydrogens (tertiary/aromatic N) is 6. The third-order valence-electron chi connectivity index (χ3n) is 6.19. The molecular formula is C24H24FN9. The van der Waals surface area contributed by atoms with Crippen LogP contribution >= 0.6 is 0 Å². The third kappa shape index (κ3) is 3.71. The van der Waals surface area contributed by atoms with Crippen molar-refractivity contribution in [2.75, 3.05) is 36.4 Å². The predicted octanol–water partition coefficient (Wildman–Crippen LogP) is 3.14. The summed E-state index contributed by atoms with van der Waals surface area (Å²) in [6.45, 7) is 6.37. The van der Waals surface area contributed by atoms with Crippen LogP contribution in [0.1, 0.15) is 11.3 Å². The number of fused-ring (bicyclic) bond motifs is 2. The first-order valence-corrected chi connectivity index (χ1v) is 11.3. The minimum atomic E-state index is -0.365.